The molecule has 0 saturated heterocycles. The Morgan fingerprint density at radius 3 is 2.80 bits per heavy atom. The van der Waals surface area contributed by atoms with Gasteiger partial charge in [0.05, 0.1) is 16.3 Å². The van der Waals surface area contributed by atoms with E-state index in [0.29, 0.717) is 18.0 Å². The van der Waals surface area contributed by atoms with Crippen LogP contribution in [0.4, 0.5) is 5.82 Å². The first-order valence-electron chi connectivity index (χ1n) is 7.85. The topological polar surface area (TPSA) is 76.1 Å². The van der Waals surface area contributed by atoms with Crippen molar-refractivity contribution in [3.8, 4) is 5.75 Å². The maximum Gasteiger partial charge on any atom is 0.256 e. The summed E-state index contributed by atoms with van der Waals surface area (Å²) < 4.78 is 5.75. The molecule has 1 aliphatic heterocycles. The number of carbonyl (C=O) groups is 1. The van der Waals surface area contributed by atoms with Crippen LogP contribution in [0.25, 0.3) is 0 Å². The molecule has 6 nitrogen and oxygen atoms in total. The Kier molecular flexibility index (Phi) is 4.07. The largest absolute Gasteiger partial charge is 0.487 e. The molecule has 25 heavy (non-hydrogen) atoms. The fourth-order valence-electron chi connectivity index (χ4n) is 2.64. The quantitative estimate of drug-likeness (QED) is 0.754. The van der Waals surface area contributed by atoms with Crippen molar-refractivity contribution in [3.05, 3.63) is 69.8 Å². The first-order valence-corrected chi connectivity index (χ1v) is 8.73. The summed E-state index contributed by atoms with van der Waals surface area (Å²) in [5.74, 6) is 1.22. The number of anilines is 1. The van der Waals surface area contributed by atoms with E-state index in [0.717, 1.165) is 22.0 Å². The Morgan fingerprint density at radius 1 is 1.20 bits per heavy atom. The third-order valence-electron chi connectivity index (χ3n) is 3.88. The standard InChI is InChI=1S/C18H16N4O2S/c1-11-20-13(10-25-11)9-24-14-6-4-12(5-7-14)16-21-17-15(18(23)22-16)3-2-8-19-17/h2-8,10,16H,9H2,1H3,(H,19,21)(H,22,23)/t16-/m1/s1. The highest BCUT2D eigenvalue weighted by Crippen LogP contribution is 2.25. The number of hydrogen-bond acceptors (Lipinski definition) is 6. The van der Waals surface area contributed by atoms with E-state index in [1.165, 1.54) is 0 Å². The van der Waals surface area contributed by atoms with E-state index in [-0.39, 0.29) is 12.1 Å². The molecule has 2 aromatic heterocycles. The SMILES string of the molecule is Cc1nc(COc2ccc([C@H]3NC(=O)c4cccnc4N3)cc2)cs1. The zero-order valence-corrected chi connectivity index (χ0v) is 14.3. The number of hydrogen-bond donors (Lipinski definition) is 2. The van der Waals surface area contributed by atoms with Crippen LogP contribution in [0.3, 0.4) is 0 Å². The highest BCUT2D eigenvalue weighted by molar-refractivity contribution is 7.09. The highest BCUT2D eigenvalue weighted by Gasteiger charge is 2.25. The second-order valence-electron chi connectivity index (χ2n) is 5.67. The Morgan fingerprint density at radius 2 is 2.04 bits per heavy atom. The zero-order valence-electron chi connectivity index (χ0n) is 13.5. The van der Waals surface area contributed by atoms with Crippen molar-refractivity contribution in [2.45, 2.75) is 19.7 Å². The van der Waals surface area contributed by atoms with Crippen molar-refractivity contribution in [2.24, 2.45) is 0 Å². The van der Waals surface area contributed by atoms with Crippen molar-refractivity contribution in [2.75, 3.05) is 5.32 Å². The molecule has 2 N–H and O–H groups in total. The fraction of sp³-hybridized carbons (Fsp3) is 0.167. The minimum absolute atomic E-state index is 0.133. The summed E-state index contributed by atoms with van der Waals surface area (Å²) in [6.45, 7) is 2.42. The van der Waals surface area contributed by atoms with Gasteiger partial charge in [0.25, 0.3) is 5.91 Å². The number of amides is 1. The van der Waals surface area contributed by atoms with Crippen LogP contribution in [0.1, 0.15) is 32.8 Å². The van der Waals surface area contributed by atoms with Gasteiger partial charge in [-0.1, -0.05) is 12.1 Å². The van der Waals surface area contributed by atoms with E-state index in [2.05, 4.69) is 20.6 Å². The van der Waals surface area contributed by atoms with Gasteiger partial charge in [0.2, 0.25) is 0 Å². The van der Waals surface area contributed by atoms with Crippen LogP contribution in [-0.4, -0.2) is 15.9 Å². The van der Waals surface area contributed by atoms with Gasteiger partial charge >= 0.3 is 0 Å². The van der Waals surface area contributed by atoms with Gasteiger partial charge in [-0.05, 0) is 36.8 Å². The summed E-state index contributed by atoms with van der Waals surface area (Å²) in [7, 11) is 0. The lowest BCUT2D eigenvalue weighted by atomic mass is 10.1. The number of nitrogens with one attached hydrogen (secondary N) is 2. The number of fused-ring (bicyclic) bond motifs is 1. The summed E-state index contributed by atoms with van der Waals surface area (Å²) in [4.78, 5) is 20.8. The van der Waals surface area contributed by atoms with E-state index in [4.69, 9.17) is 4.74 Å². The van der Waals surface area contributed by atoms with Crippen molar-refractivity contribution >= 4 is 23.1 Å². The van der Waals surface area contributed by atoms with Gasteiger partial charge in [-0.2, -0.15) is 0 Å². The second kappa shape index (κ2) is 6.52. The molecule has 126 valence electrons. The van der Waals surface area contributed by atoms with Crippen LogP contribution in [0, 0.1) is 6.92 Å². The number of benzene rings is 1. The number of pyridine rings is 1. The number of aromatic nitrogens is 2. The van der Waals surface area contributed by atoms with Gasteiger partial charge < -0.3 is 15.4 Å². The summed E-state index contributed by atoms with van der Waals surface area (Å²) in [6, 6.07) is 11.1. The molecule has 0 unspecified atom stereocenters. The summed E-state index contributed by atoms with van der Waals surface area (Å²) >= 11 is 1.61. The Hall–Kier alpha value is -2.93. The van der Waals surface area contributed by atoms with Crippen molar-refractivity contribution < 1.29 is 9.53 Å². The highest BCUT2D eigenvalue weighted by atomic mass is 32.1. The predicted molar refractivity (Wildman–Crippen MR) is 95.7 cm³/mol. The molecule has 1 aliphatic rings. The molecule has 0 fully saturated rings. The molecule has 0 saturated carbocycles. The normalized spacial score (nSPS) is 15.9. The van der Waals surface area contributed by atoms with Gasteiger partial charge in [0, 0.05) is 11.6 Å². The molecule has 0 bridgehead atoms. The van der Waals surface area contributed by atoms with Gasteiger partial charge in [0.1, 0.15) is 24.3 Å². The first kappa shape index (κ1) is 15.6. The molecular weight excluding hydrogens is 336 g/mol. The summed E-state index contributed by atoms with van der Waals surface area (Å²) in [5.41, 5.74) is 2.41. The Balaban J connectivity index is 1.45. The molecule has 1 atom stereocenters. The maximum absolute atomic E-state index is 12.2. The zero-order chi connectivity index (χ0) is 17.2. The minimum atomic E-state index is -0.315. The van der Waals surface area contributed by atoms with Crippen molar-refractivity contribution in [3.63, 3.8) is 0 Å². The van der Waals surface area contributed by atoms with Gasteiger partial charge in [-0.3, -0.25) is 4.79 Å². The predicted octanol–water partition coefficient (Wildman–Crippen LogP) is 3.28. The van der Waals surface area contributed by atoms with E-state index in [1.54, 1.807) is 29.7 Å². The second-order valence-corrected chi connectivity index (χ2v) is 6.73. The lowest BCUT2D eigenvalue weighted by molar-refractivity contribution is 0.0935. The average Bonchev–Trinajstić information content (AvgIpc) is 3.06. The van der Waals surface area contributed by atoms with E-state index >= 15 is 0 Å². The molecule has 0 aliphatic carbocycles. The lowest BCUT2D eigenvalue weighted by Gasteiger charge is -2.27. The van der Waals surface area contributed by atoms with E-state index < -0.39 is 0 Å². The van der Waals surface area contributed by atoms with Crippen molar-refractivity contribution in [1.82, 2.24) is 15.3 Å². The number of thiazole rings is 1. The third kappa shape index (κ3) is 3.32. The minimum Gasteiger partial charge on any atom is -0.487 e. The molecular formula is C18H16N4O2S. The van der Waals surface area contributed by atoms with Gasteiger partial charge in [0.15, 0.2) is 0 Å². The molecule has 3 heterocycles. The number of rotatable bonds is 4. The molecule has 3 aromatic rings. The monoisotopic (exact) mass is 352 g/mol. The number of nitrogens with zero attached hydrogens (tertiary/aromatic N) is 2. The van der Waals surface area contributed by atoms with Crippen molar-refractivity contribution in [1.29, 1.82) is 0 Å². The van der Waals surface area contributed by atoms with Crippen LogP contribution in [0.5, 0.6) is 5.75 Å². The number of carbonyl (C=O) groups excluding carboxylic acids is 1. The van der Waals surface area contributed by atoms with Crippen LogP contribution in [0.2, 0.25) is 0 Å². The Labute approximate surface area is 148 Å². The van der Waals surface area contributed by atoms with E-state index in [1.807, 2.05) is 36.6 Å². The molecule has 0 radical (unpaired) electrons. The van der Waals surface area contributed by atoms with Crippen LogP contribution >= 0.6 is 11.3 Å². The van der Waals surface area contributed by atoms with E-state index in [9.17, 15) is 4.79 Å². The van der Waals surface area contributed by atoms with Crippen LogP contribution in [-0.2, 0) is 6.61 Å². The first-order chi connectivity index (χ1) is 12.2. The van der Waals surface area contributed by atoms with Gasteiger partial charge in [-0.15, -0.1) is 11.3 Å². The molecule has 0 spiro atoms. The van der Waals surface area contributed by atoms with Crippen LogP contribution < -0.4 is 15.4 Å². The smallest absolute Gasteiger partial charge is 0.256 e. The number of ether oxygens (including phenoxy) is 1. The summed E-state index contributed by atoms with van der Waals surface area (Å²) in [6.07, 6.45) is 1.35. The number of aryl methyl sites for hydroxylation is 1. The molecule has 7 heteroatoms. The average molecular weight is 352 g/mol. The Bertz CT molecular complexity index is 907. The van der Waals surface area contributed by atoms with Crippen LogP contribution in [0.15, 0.2) is 48.0 Å². The third-order valence-corrected chi connectivity index (χ3v) is 4.70. The molecule has 1 aromatic carbocycles. The molecule has 4 rings (SSSR count). The summed E-state index contributed by atoms with van der Waals surface area (Å²) in [5, 5.41) is 9.19. The molecule has 1 amide bonds. The lowest BCUT2D eigenvalue weighted by Crippen LogP contribution is -2.38. The fourth-order valence-corrected chi connectivity index (χ4v) is 3.24. The van der Waals surface area contributed by atoms with Gasteiger partial charge in [-0.25, -0.2) is 9.97 Å². The maximum atomic E-state index is 12.2.